The fourth-order valence-corrected chi connectivity index (χ4v) is 1.47. The smallest absolute Gasteiger partial charge is 0.161 e. The Hall–Kier alpha value is -1.22. The van der Waals surface area contributed by atoms with Gasteiger partial charge in [-0.25, -0.2) is 0 Å². The van der Waals surface area contributed by atoms with Crippen LogP contribution >= 0.6 is 0 Å². The Morgan fingerprint density at radius 2 is 2.23 bits per heavy atom. The minimum absolute atomic E-state index is 0.202. The fourth-order valence-electron chi connectivity index (χ4n) is 1.47. The van der Waals surface area contributed by atoms with Crippen LogP contribution in [0.25, 0.3) is 0 Å². The molecule has 1 unspecified atom stereocenters. The molecular formula is C10H13NO2. The molecule has 1 aliphatic heterocycles. The molecule has 2 rings (SSSR count). The Morgan fingerprint density at radius 1 is 1.38 bits per heavy atom. The van der Waals surface area contributed by atoms with Crippen LogP contribution in [0.5, 0.6) is 11.5 Å². The molecule has 1 aromatic rings. The minimum Gasteiger partial charge on any atom is -0.504 e. The first-order valence-electron chi connectivity index (χ1n) is 4.51. The van der Waals surface area contributed by atoms with Crippen molar-refractivity contribution in [3.8, 4) is 11.5 Å². The third-order valence-electron chi connectivity index (χ3n) is 2.17. The maximum atomic E-state index is 9.43. The molecule has 1 aliphatic rings. The average molecular weight is 179 g/mol. The van der Waals surface area contributed by atoms with Crippen LogP contribution in [-0.2, 0) is 0 Å². The van der Waals surface area contributed by atoms with Gasteiger partial charge in [-0.2, -0.15) is 0 Å². The Kier molecular flexibility index (Phi) is 2.36. The van der Waals surface area contributed by atoms with E-state index in [2.05, 4.69) is 5.32 Å². The summed E-state index contributed by atoms with van der Waals surface area (Å²) < 4.78 is 5.59. The van der Waals surface area contributed by atoms with E-state index in [-0.39, 0.29) is 11.9 Å². The first-order valence-corrected chi connectivity index (χ1v) is 4.51. The van der Waals surface area contributed by atoms with Crippen LogP contribution in [0.15, 0.2) is 24.3 Å². The van der Waals surface area contributed by atoms with Gasteiger partial charge in [-0.3, -0.25) is 0 Å². The first-order chi connectivity index (χ1) is 6.36. The summed E-state index contributed by atoms with van der Waals surface area (Å²) in [6.45, 7) is 1.87. The van der Waals surface area contributed by atoms with Gasteiger partial charge in [0.15, 0.2) is 11.5 Å². The molecule has 1 saturated heterocycles. The summed E-state index contributed by atoms with van der Waals surface area (Å²) in [6.07, 6.45) is 1.21. The van der Waals surface area contributed by atoms with Gasteiger partial charge in [0.1, 0.15) is 6.10 Å². The van der Waals surface area contributed by atoms with Crippen molar-refractivity contribution in [3.05, 3.63) is 24.3 Å². The Morgan fingerprint density at radius 3 is 2.92 bits per heavy atom. The van der Waals surface area contributed by atoms with E-state index in [1.165, 1.54) is 0 Å². The molecule has 2 N–H and O–H groups in total. The second-order valence-electron chi connectivity index (χ2n) is 3.20. The quantitative estimate of drug-likeness (QED) is 0.715. The summed E-state index contributed by atoms with van der Waals surface area (Å²) in [5, 5.41) is 12.6. The highest BCUT2D eigenvalue weighted by molar-refractivity contribution is 5.38. The molecule has 13 heavy (non-hydrogen) atoms. The van der Waals surface area contributed by atoms with Crippen molar-refractivity contribution in [2.45, 2.75) is 12.5 Å². The molecule has 0 radical (unpaired) electrons. The standard InChI is InChI=1S/C10H13NO2/c12-9-3-1-2-4-10(9)13-8-5-6-11-7-8/h1-4,8,11-12H,5-7H2. The third kappa shape index (κ3) is 1.92. The summed E-state index contributed by atoms with van der Waals surface area (Å²) in [7, 11) is 0. The number of nitrogens with one attached hydrogen (secondary N) is 1. The normalized spacial score (nSPS) is 21.7. The van der Waals surface area contributed by atoms with Gasteiger partial charge in [-0.1, -0.05) is 12.1 Å². The summed E-state index contributed by atoms with van der Waals surface area (Å²) in [6, 6.07) is 7.07. The molecule has 70 valence electrons. The number of ether oxygens (including phenoxy) is 1. The zero-order valence-electron chi connectivity index (χ0n) is 7.36. The highest BCUT2D eigenvalue weighted by Gasteiger charge is 2.16. The lowest BCUT2D eigenvalue weighted by molar-refractivity contribution is 0.214. The average Bonchev–Trinajstić information content (AvgIpc) is 2.61. The highest BCUT2D eigenvalue weighted by Crippen LogP contribution is 2.26. The van der Waals surface area contributed by atoms with E-state index in [0.717, 1.165) is 19.5 Å². The van der Waals surface area contributed by atoms with Gasteiger partial charge in [-0.05, 0) is 25.1 Å². The van der Waals surface area contributed by atoms with Crippen LogP contribution in [-0.4, -0.2) is 24.3 Å². The number of phenols is 1. The lowest BCUT2D eigenvalue weighted by Gasteiger charge is -2.12. The summed E-state index contributed by atoms with van der Waals surface area (Å²) in [5.74, 6) is 0.797. The number of rotatable bonds is 2. The Labute approximate surface area is 77.3 Å². The van der Waals surface area contributed by atoms with E-state index in [0.29, 0.717) is 5.75 Å². The minimum atomic E-state index is 0.202. The zero-order chi connectivity index (χ0) is 9.10. The van der Waals surface area contributed by atoms with Gasteiger partial charge in [0, 0.05) is 6.54 Å². The third-order valence-corrected chi connectivity index (χ3v) is 2.17. The molecule has 1 atom stereocenters. The van der Waals surface area contributed by atoms with Gasteiger partial charge in [0.05, 0.1) is 0 Å². The number of phenolic OH excluding ortho intramolecular Hbond substituents is 1. The number of hydrogen-bond donors (Lipinski definition) is 2. The van der Waals surface area contributed by atoms with Crippen LogP contribution in [0.4, 0.5) is 0 Å². The van der Waals surface area contributed by atoms with Crippen molar-refractivity contribution in [3.63, 3.8) is 0 Å². The number of hydrogen-bond acceptors (Lipinski definition) is 3. The van der Waals surface area contributed by atoms with E-state index in [4.69, 9.17) is 4.74 Å². The molecule has 1 heterocycles. The molecule has 0 aromatic heterocycles. The van der Waals surface area contributed by atoms with Crippen molar-refractivity contribution in [2.24, 2.45) is 0 Å². The van der Waals surface area contributed by atoms with Gasteiger partial charge in [0.25, 0.3) is 0 Å². The van der Waals surface area contributed by atoms with E-state index >= 15 is 0 Å². The molecule has 0 spiro atoms. The van der Waals surface area contributed by atoms with Gasteiger partial charge in [-0.15, -0.1) is 0 Å². The predicted molar refractivity (Wildman–Crippen MR) is 50.0 cm³/mol. The van der Waals surface area contributed by atoms with Crippen molar-refractivity contribution in [1.82, 2.24) is 5.32 Å². The molecule has 0 amide bonds. The lowest BCUT2D eigenvalue weighted by Crippen LogP contribution is -2.19. The monoisotopic (exact) mass is 179 g/mol. The molecular weight excluding hydrogens is 166 g/mol. The molecule has 0 saturated carbocycles. The topological polar surface area (TPSA) is 41.5 Å². The summed E-state index contributed by atoms with van der Waals surface area (Å²) in [4.78, 5) is 0. The first kappa shape index (κ1) is 8.38. The highest BCUT2D eigenvalue weighted by atomic mass is 16.5. The van der Waals surface area contributed by atoms with Crippen LogP contribution in [0, 0.1) is 0 Å². The number of benzene rings is 1. The molecule has 0 aliphatic carbocycles. The Bertz CT molecular complexity index is 282. The molecule has 3 heteroatoms. The summed E-state index contributed by atoms with van der Waals surface area (Å²) in [5.41, 5.74) is 0. The largest absolute Gasteiger partial charge is 0.504 e. The van der Waals surface area contributed by atoms with E-state index < -0.39 is 0 Å². The van der Waals surface area contributed by atoms with Gasteiger partial charge >= 0.3 is 0 Å². The second-order valence-corrected chi connectivity index (χ2v) is 3.20. The molecule has 0 bridgehead atoms. The van der Waals surface area contributed by atoms with Crippen LogP contribution < -0.4 is 10.1 Å². The van der Waals surface area contributed by atoms with Crippen molar-refractivity contribution >= 4 is 0 Å². The molecule has 1 aromatic carbocycles. The molecule has 1 fully saturated rings. The fraction of sp³-hybridized carbons (Fsp3) is 0.400. The SMILES string of the molecule is Oc1ccccc1OC1CCNC1. The molecule has 3 nitrogen and oxygen atoms in total. The Balaban J connectivity index is 2.04. The van der Waals surface area contributed by atoms with Crippen molar-refractivity contribution in [1.29, 1.82) is 0 Å². The van der Waals surface area contributed by atoms with E-state index in [1.54, 1.807) is 18.2 Å². The van der Waals surface area contributed by atoms with Crippen molar-refractivity contribution < 1.29 is 9.84 Å². The lowest BCUT2D eigenvalue weighted by atomic mass is 10.3. The van der Waals surface area contributed by atoms with Crippen LogP contribution in [0.1, 0.15) is 6.42 Å². The van der Waals surface area contributed by atoms with Crippen molar-refractivity contribution in [2.75, 3.05) is 13.1 Å². The number of para-hydroxylation sites is 2. The van der Waals surface area contributed by atoms with E-state index in [1.807, 2.05) is 6.07 Å². The summed E-state index contributed by atoms with van der Waals surface area (Å²) >= 11 is 0. The number of aromatic hydroxyl groups is 1. The van der Waals surface area contributed by atoms with Crippen LogP contribution in [0.3, 0.4) is 0 Å². The second kappa shape index (κ2) is 3.66. The predicted octanol–water partition coefficient (Wildman–Crippen LogP) is 1.13. The zero-order valence-corrected chi connectivity index (χ0v) is 7.36. The van der Waals surface area contributed by atoms with E-state index in [9.17, 15) is 5.11 Å². The van der Waals surface area contributed by atoms with Crippen LogP contribution in [0.2, 0.25) is 0 Å². The van der Waals surface area contributed by atoms with Gasteiger partial charge in [0.2, 0.25) is 0 Å². The maximum Gasteiger partial charge on any atom is 0.161 e. The maximum absolute atomic E-state index is 9.43. The van der Waals surface area contributed by atoms with Gasteiger partial charge < -0.3 is 15.2 Å².